The second kappa shape index (κ2) is 8.02. The van der Waals surface area contributed by atoms with Crippen LogP contribution in [-0.4, -0.2) is 32.9 Å². The van der Waals surface area contributed by atoms with E-state index in [4.69, 9.17) is 6.57 Å². The Morgan fingerprint density at radius 1 is 1.07 bits per heavy atom. The van der Waals surface area contributed by atoms with E-state index in [1.165, 1.54) is 6.20 Å². The molecule has 0 radical (unpaired) electrons. The smallest absolute Gasteiger partial charge is 0.355 e. The lowest BCUT2D eigenvalue weighted by Gasteiger charge is -2.26. The lowest BCUT2D eigenvalue weighted by molar-refractivity contribution is -0.136. The molecule has 0 unspecified atom stereocenters. The molecule has 3 aromatic rings. The minimum atomic E-state index is -4.89. The molecular weight excluding hydrogens is 414 g/mol. The second-order valence-corrected chi connectivity index (χ2v) is 6.10. The molecule has 12 heteroatoms. The summed E-state index contributed by atoms with van der Waals surface area (Å²) in [4.78, 5) is 11.6. The lowest BCUT2D eigenvalue weighted by Crippen LogP contribution is -2.34. The SMILES string of the molecule is [C-]#[N+]c1ccc(N(Cc2nc(-c3ccccn3)n[nH]2)CC(F)(F)F)cc1C(F)(F)F. The van der Waals surface area contributed by atoms with Crippen LogP contribution in [0.2, 0.25) is 0 Å². The van der Waals surface area contributed by atoms with E-state index < -0.39 is 36.7 Å². The maximum absolute atomic E-state index is 13.2. The zero-order chi connectivity index (χ0) is 21.9. The number of H-pyrrole nitrogens is 1. The zero-order valence-electron chi connectivity index (χ0n) is 15.0. The lowest BCUT2D eigenvalue weighted by atomic mass is 10.1. The van der Waals surface area contributed by atoms with Crippen LogP contribution in [-0.2, 0) is 12.7 Å². The highest BCUT2D eigenvalue weighted by atomic mass is 19.4. The van der Waals surface area contributed by atoms with Gasteiger partial charge in [0.05, 0.1) is 18.7 Å². The standard InChI is InChI=1S/C18H12F6N6/c1-25-13-6-5-11(8-12(13)18(22,23)24)30(10-17(19,20)21)9-15-27-16(29-28-15)14-4-2-3-7-26-14/h2-8H,9-10H2,(H,27,28,29). The van der Waals surface area contributed by atoms with Crippen LogP contribution in [0, 0.1) is 6.57 Å². The van der Waals surface area contributed by atoms with Crippen molar-refractivity contribution >= 4 is 11.4 Å². The van der Waals surface area contributed by atoms with E-state index in [1.807, 2.05) is 0 Å². The Labute approximate surface area is 166 Å². The Morgan fingerprint density at radius 2 is 1.83 bits per heavy atom. The van der Waals surface area contributed by atoms with Gasteiger partial charge >= 0.3 is 12.4 Å². The molecule has 30 heavy (non-hydrogen) atoms. The van der Waals surface area contributed by atoms with Crippen molar-refractivity contribution in [2.75, 3.05) is 11.4 Å². The van der Waals surface area contributed by atoms with Gasteiger partial charge in [0.25, 0.3) is 0 Å². The molecule has 6 nitrogen and oxygen atoms in total. The van der Waals surface area contributed by atoms with Crippen LogP contribution in [0.5, 0.6) is 0 Å². The van der Waals surface area contributed by atoms with E-state index in [9.17, 15) is 26.3 Å². The number of hydrogen-bond acceptors (Lipinski definition) is 4. The number of aromatic amines is 1. The molecule has 0 aliphatic heterocycles. The van der Waals surface area contributed by atoms with Crippen LogP contribution in [0.25, 0.3) is 16.4 Å². The monoisotopic (exact) mass is 426 g/mol. The average molecular weight is 426 g/mol. The van der Waals surface area contributed by atoms with Crippen molar-refractivity contribution < 1.29 is 26.3 Å². The number of anilines is 1. The molecule has 0 aliphatic carbocycles. The quantitative estimate of drug-likeness (QED) is 0.461. The van der Waals surface area contributed by atoms with Crippen molar-refractivity contribution in [1.82, 2.24) is 20.2 Å². The summed E-state index contributed by atoms with van der Waals surface area (Å²) in [7, 11) is 0. The molecule has 3 rings (SSSR count). The van der Waals surface area contributed by atoms with Crippen molar-refractivity contribution in [3.63, 3.8) is 0 Å². The van der Waals surface area contributed by atoms with Gasteiger partial charge in [-0.25, -0.2) is 9.83 Å². The molecule has 0 amide bonds. The maximum atomic E-state index is 13.2. The topological polar surface area (TPSA) is 62.1 Å². The van der Waals surface area contributed by atoms with Crippen LogP contribution >= 0.6 is 0 Å². The summed E-state index contributed by atoms with van der Waals surface area (Å²) in [6.07, 6.45) is -8.10. The van der Waals surface area contributed by atoms with Crippen molar-refractivity contribution in [3.8, 4) is 11.5 Å². The Bertz CT molecular complexity index is 1050. The highest BCUT2D eigenvalue weighted by molar-refractivity contribution is 5.62. The molecular formula is C18H12F6N6. The Hall–Kier alpha value is -3.62. The van der Waals surface area contributed by atoms with Gasteiger partial charge in [0.2, 0.25) is 0 Å². The largest absolute Gasteiger partial charge is 0.407 e. The molecule has 1 N–H and O–H groups in total. The summed E-state index contributed by atoms with van der Waals surface area (Å²) in [6.45, 7) is 4.83. The highest BCUT2D eigenvalue weighted by Gasteiger charge is 2.36. The van der Waals surface area contributed by atoms with Crippen molar-refractivity contribution in [2.24, 2.45) is 0 Å². The number of rotatable bonds is 5. The molecule has 1 aromatic carbocycles. The number of nitrogens with zero attached hydrogens (tertiary/aromatic N) is 5. The number of alkyl halides is 6. The van der Waals surface area contributed by atoms with Gasteiger partial charge < -0.3 is 4.90 Å². The number of halogens is 6. The summed E-state index contributed by atoms with van der Waals surface area (Å²) in [6, 6.07) is 7.33. The summed E-state index contributed by atoms with van der Waals surface area (Å²) in [5, 5.41) is 6.36. The van der Waals surface area contributed by atoms with Gasteiger partial charge in [0.15, 0.2) is 11.5 Å². The average Bonchev–Trinajstić information content (AvgIpc) is 3.14. The van der Waals surface area contributed by atoms with Crippen molar-refractivity contribution in [2.45, 2.75) is 18.9 Å². The predicted molar refractivity (Wildman–Crippen MR) is 94.4 cm³/mol. The van der Waals surface area contributed by atoms with Gasteiger partial charge in [-0.3, -0.25) is 10.1 Å². The first-order valence-electron chi connectivity index (χ1n) is 8.30. The first-order valence-corrected chi connectivity index (χ1v) is 8.30. The molecule has 2 aromatic heterocycles. The third-order valence-corrected chi connectivity index (χ3v) is 3.91. The van der Waals surface area contributed by atoms with Gasteiger partial charge in [-0.1, -0.05) is 12.1 Å². The molecule has 156 valence electrons. The Balaban J connectivity index is 1.95. The van der Waals surface area contributed by atoms with Crippen LogP contribution in [0.4, 0.5) is 37.7 Å². The highest BCUT2D eigenvalue weighted by Crippen LogP contribution is 2.39. The second-order valence-electron chi connectivity index (χ2n) is 6.10. The van der Waals surface area contributed by atoms with Gasteiger partial charge in [0, 0.05) is 11.9 Å². The number of aromatic nitrogens is 4. The number of hydrogen-bond donors (Lipinski definition) is 1. The van der Waals surface area contributed by atoms with E-state index in [0.717, 1.165) is 12.1 Å². The molecule has 0 aliphatic rings. The van der Waals surface area contributed by atoms with E-state index >= 15 is 0 Å². The van der Waals surface area contributed by atoms with Gasteiger partial charge in [-0.2, -0.15) is 31.4 Å². The Kier molecular flexibility index (Phi) is 5.64. The third-order valence-electron chi connectivity index (χ3n) is 3.91. The fourth-order valence-electron chi connectivity index (χ4n) is 2.66. The van der Waals surface area contributed by atoms with Crippen molar-refractivity contribution in [3.05, 3.63) is 65.4 Å². The molecule has 0 bridgehead atoms. The summed E-state index contributed by atoms with van der Waals surface area (Å²) >= 11 is 0. The molecule has 0 saturated heterocycles. The normalized spacial score (nSPS) is 11.9. The molecule has 0 saturated carbocycles. The molecule has 0 atom stereocenters. The summed E-state index contributed by atoms with van der Waals surface area (Å²) < 4.78 is 78.9. The predicted octanol–water partition coefficient (Wildman–Crippen LogP) is 5.01. The maximum Gasteiger partial charge on any atom is 0.407 e. The first-order chi connectivity index (χ1) is 14.1. The van der Waals surface area contributed by atoms with Crippen LogP contribution in [0.15, 0.2) is 42.6 Å². The first kappa shape index (κ1) is 21.1. The van der Waals surface area contributed by atoms with Crippen LogP contribution in [0.3, 0.4) is 0 Å². The minimum Gasteiger partial charge on any atom is -0.355 e. The van der Waals surface area contributed by atoms with E-state index in [1.54, 1.807) is 18.2 Å². The molecule has 0 spiro atoms. The van der Waals surface area contributed by atoms with Gasteiger partial charge in [-0.15, -0.1) is 0 Å². The van der Waals surface area contributed by atoms with E-state index in [0.29, 0.717) is 16.7 Å². The number of nitrogens with one attached hydrogen (secondary N) is 1. The summed E-state index contributed by atoms with van der Waals surface area (Å²) in [5.41, 5.74) is -1.99. The van der Waals surface area contributed by atoms with Crippen molar-refractivity contribution in [1.29, 1.82) is 0 Å². The van der Waals surface area contributed by atoms with E-state index in [2.05, 4.69) is 25.0 Å². The number of pyridine rings is 1. The summed E-state index contributed by atoms with van der Waals surface area (Å²) in [5.74, 6) is 0.139. The molecule has 2 heterocycles. The van der Waals surface area contributed by atoms with Crippen LogP contribution in [0.1, 0.15) is 11.4 Å². The van der Waals surface area contributed by atoms with Crippen LogP contribution < -0.4 is 4.90 Å². The number of benzene rings is 1. The van der Waals surface area contributed by atoms with E-state index in [-0.39, 0.29) is 17.3 Å². The van der Waals surface area contributed by atoms with Gasteiger partial charge in [-0.05, 0) is 24.3 Å². The third kappa shape index (κ3) is 5.05. The fraction of sp³-hybridized carbons (Fsp3) is 0.222. The fourth-order valence-corrected chi connectivity index (χ4v) is 2.66. The molecule has 0 fully saturated rings. The van der Waals surface area contributed by atoms with Gasteiger partial charge in [0.1, 0.15) is 18.1 Å². The Morgan fingerprint density at radius 3 is 2.43 bits per heavy atom. The zero-order valence-corrected chi connectivity index (χ0v) is 15.0. The minimum absolute atomic E-state index is 0.00252.